The first-order valence-electron chi connectivity index (χ1n) is 11.3. The molecular weight excluding hydrogens is 428 g/mol. The van der Waals surface area contributed by atoms with Gasteiger partial charge in [-0.15, -0.1) is 0 Å². The van der Waals surface area contributed by atoms with Gasteiger partial charge in [0.15, 0.2) is 23.8 Å². The van der Waals surface area contributed by atoms with Crippen molar-refractivity contribution < 1.29 is 24.9 Å². The van der Waals surface area contributed by atoms with E-state index in [1.807, 2.05) is 0 Å². The molecule has 6 N–H and O–H groups in total. The Balaban J connectivity index is 1.62. The molecule has 2 aromatic heterocycles. The maximum absolute atomic E-state index is 12.2. The molecule has 2 aromatic rings. The predicted octanol–water partition coefficient (Wildman–Crippen LogP) is -0.153. The van der Waals surface area contributed by atoms with Crippen LogP contribution in [0.15, 0.2) is 6.33 Å². The Morgan fingerprint density at radius 3 is 2.70 bits per heavy atom. The number of nitrogens with two attached hydrogens (primary N) is 1. The third kappa shape index (κ3) is 4.52. The van der Waals surface area contributed by atoms with Gasteiger partial charge in [0.05, 0.1) is 6.33 Å². The van der Waals surface area contributed by atoms with Crippen LogP contribution in [0.3, 0.4) is 0 Å². The van der Waals surface area contributed by atoms with Gasteiger partial charge in [0.25, 0.3) is 5.91 Å². The number of nitrogens with zero attached hydrogens (tertiary/aromatic N) is 4. The number of nitrogens with one attached hydrogen (secondary N) is 1. The van der Waals surface area contributed by atoms with Crippen LogP contribution in [0.4, 0.5) is 5.82 Å². The Bertz CT molecular complexity index is 1080. The molecule has 1 saturated heterocycles. The van der Waals surface area contributed by atoms with Crippen LogP contribution in [-0.2, 0) is 9.53 Å². The summed E-state index contributed by atoms with van der Waals surface area (Å²) >= 11 is 0. The summed E-state index contributed by atoms with van der Waals surface area (Å²) in [4.78, 5) is 24.9. The number of nitrogen functional groups attached to an aromatic ring is 1. The van der Waals surface area contributed by atoms with Crippen molar-refractivity contribution in [3.8, 4) is 11.8 Å². The lowest BCUT2D eigenvalue weighted by Crippen LogP contribution is -2.42. The number of amides is 1. The Morgan fingerprint density at radius 2 is 2.03 bits per heavy atom. The number of hydrogen-bond acceptors (Lipinski definition) is 9. The van der Waals surface area contributed by atoms with Crippen LogP contribution in [0, 0.1) is 17.8 Å². The van der Waals surface area contributed by atoms with E-state index in [1.165, 1.54) is 10.9 Å². The van der Waals surface area contributed by atoms with Gasteiger partial charge in [0.2, 0.25) is 5.82 Å². The Kier molecular flexibility index (Phi) is 6.54. The predicted molar refractivity (Wildman–Crippen MR) is 118 cm³/mol. The van der Waals surface area contributed by atoms with Crippen molar-refractivity contribution in [1.82, 2.24) is 24.8 Å². The molecule has 3 heterocycles. The number of hydrogen-bond donors (Lipinski definition) is 5. The lowest BCUT2D eigenvalue weighted by Gasteiger charge is -2.31. The van der Waals surface area contributed by atoms with Crippen molar-refractivity contribution in [1.29, 1.82) is 0 Å². The van der Waals surface area contributed by atoms with Crippen LogP contribution < -0.4 is 11.1 Å². The smallest absolute Gasteiger partial charge is 0.252 e. The summed E-state index contributed by atoms with van der Waals surface area (Å²) < 4.78 is 7.05. The van der Waals surface area contributed by atoms with Crippen molar-refractivity contribution >= 4 is 22.9 Å². The maximum Gasteiger partial charge on any atom is 0.252 e. The Morgan fingerprint density at radius 1 is 1.30 bits per heavy atom. The Hall–Kier alpha value is -2.78. The van der Waals surface area contributed by atoms with Crippen molar-refractivity contribution in [3.05, 3.63) is 12.2 Å². The molecule has 1 aliphatic carbocycles. The number of aliphatic hydroxyl groups is 3. The van der Waals surface area contributed by atoms with E-state index in [2.05, 4.69) is 39.0 Å². The molecule has 4 unspecified atom stereocenters. The third-order valence-corrected chi connectivity index (χ3v) is 6.49. The molecule has 0 spiro atoms. The van der Waals surface area contributed by atoms with Crippen LogP contribution in [0.25, 0.3) is 11.2 Å². The number of aliphatic hydroxyl groups excluding tert-OH is 2. The zero-order valence-corrected chi connectivity index (χ0v) is 18.7. The van der Waals surface area contributed by atoms with Gasteiger partial charge >= 0.3 is 0 Å². The molecule has 1 aliphatic heterocycles. The number of fused-ring (bicyclic) bond motifs is 1. The highest BCUT2D eigenvalue weighted by Crippen LogP contribution is 2.34. The summed E-state index contributed by atoms with van der Waals surface area (Å²) in [7, 11) is 0. The number of imidazole rings is 1. The van der Waals surface area contributed by atoms with E-state index in [1.54, 1.807) is 6.92 Å². The zero-order valence-electron chi connectivity index (χ0n) is 18.7. The van der Waals surface area contributed by atoms with Gasteiger partial charge < -0.3 is 31.1 Å². The van der Waals surface area contributed by atoms with Crippen LogP contribution in [0.2, 0.25) is 0 Å². The minimum Gasteiger partial charge on any atom is -0.387 e. The van der Waals surface area contributed by atoms with Crippen LogP contribution in [-0.4, -0.2) is 71.2 Å². The van der Waals surface area contributed by atoms with Gasteiger partial charge in [-0.2, -0.15) is 0 Å². The molecular formula is C22H30N6O5. The number of carbonyl (C=O) groups is 1. The van der Waals surface area contributed by atoms with Gasteiger partial charge in [0.1, 0.15) is 23.3 Å². The molecule has 11 nitrogen and oxygen atoms in total. The number of ether oxygens (including phenoxy) is 1. The van der Waals surface area contributed by atoms with Gasteiger partial charge in [-0.3, -0.25) is 9.36 Å². The molecule has 2 aliphatic rings. The molecule has 11 heteroatoms. The summed E-state index contributed by atoms with van der Waals surface area (Å²) in [6, 6.07) is 0. The second kappa shape index (κ2) is 9.23. The van der Waals surface area contributed by atoms with E-state index < -0.39 is 36.0 Å². The molecule has 1 amide bonds. The summed E-state index contributed by atoms with van der Waals surface area (Å²) in [6.07, 6.45) is 0.298. The van der Waals surface area contributed by atoms with Gasteiger partial charge in [-0.25, -0.2) is 15.0 Å². The topological polar surface area (TPSA) is 169 Å². The zero-order chi connectivity index (χ0) is 23.8. The molecule has 0 bridgehead atoms. The van der Waals surface area contributed by atoms with Crippen LogP contribution in [0.5, 0.6) is 0 Å². The van der Waals surface area contributed by atoms with Gasteiger partial charge in [-0.05, 0) is 44.4 Å². The van der Waals surface area contributed by atoms with E-state index in [4.69, 9.17) is 10.5 Å². The lowest BCUT2D eigenvalue weighted by molar-refractivity contribution is -0.137. The van der Waals surface area contributed by atoms with E-state index in [9.17, 15) is 20.1 Å². The Labute approximate surface area is 191 Å². The number of anilines is 1. The van der Waals surface area contributed by atoms with Crippen LogP contribution >= 0.6 is 0 Å². The molecule has 2 fully saturated rings. The quantitative estimate of drug-likeness (QED) is 0.391. The van der Waals surface area contributed by atoms with Crippen molar-refractivity contribution in [3.63, 3.8) is 0 Å². The van der Waals surface area contributed by atoms with E-state index in [-0.39, 0.29) is 22.8 Å². The van der Waals surface area contributed by atoms with Crippen molar-refractivity contribution in [2.75, 3.05) is 12.3 Å². The minimum absolute atomic E-state index is 0.0815. The standard InChI is InChI=1S/C22H30N6O5/c1-3-12-5-8-22(32,9-6-12)10-7-13-26-18(23)14-19(27-13)28(11-25-14)21-16(30)15(29)17(33-21)20(31)24-4-2/h11-12,15-17,21,29-30,32H,3-6,8-9H2,1-2H3,(H,24,31)(H2,23,26,27). The SMILES string of the molecule is CCNC(=O)C1OC(n2cnc3c(N)nc(C#CC4(O)CCC(CC)CC4)nc32)C(O)C1O. The molecule has 0 aromatic carbocycles. The highest BCUT2D eigenvalue weighted by Gasteiger charge is 2.47. The van der Waals surface area contributed by atoms with Gasteiger partial charge in [0, 0.05) is 6.54 Å². The average molecular weight is 459 g/mol. The maximum atomic E-state index is 12.2. The molecule has 178 valence electrons. The highest BCUT2D eigenvalue weighted by atomic mass is 16.6. The molecule has 4 atom stereocenters. The van der Waals surface area contributed by atoms with Crippen molar-refractivity contribution in [2.45, 2.75) is 76.1 Å². The number of carbonyl (C=O) groups excluding carboxylic acids is 1. The van der Waals surface area contributed by atoms with E-state index >= 15 is 0 Å². The summed E-state index contributed by atoms with van der Waals surface area (Å²) in [5.41, 5.74) is 5.47. The summed E-state index contributed by atoms with van der Waals surface area (Å²) in [5.74, 6) is 6.00. The fraction of sp³-hybridized carbons (Fsp3) is 0.636. The van der Waals surface area contributed by atoms with E-state index in [0.29, 0.717) is 25.3 Å². The third-order valence-electron chi connectivity index (χ3n) is 6.49. The second-order valence-corrected chi connectivity index (χ2v) is 8.71. The molecule has 1 saturated carbocycles. The first-order valence-corrected chi connectivity index (χ1v) is 11.3. The summed E-state index contributed by atoms with van der Waals surface area (Å²) in [5, 5.41) is 34.2. The summed E-state index contributed by atoms with van der Waals surface area (Å²) in [6.45, 7) is 4.25. The number of likely N-dealkylation sites (N-methyl/N-ethyl adjacent to an activating group) is 1. The van der Waals surface area contributed by atoms with Crippen molar-refractivity contribution in [2.24, 2.45) is 5.92 Å². The normalized spacial score (nSPS) is 31.8. The first-order chi connectivity index (χ1) is 15.8. The van der Waals surface area contributed by atoms with Gasteiger partial charge in [-0.1, -0.05) is 19.3 Å². The monoisotopic (exact) mass is 458 g/mol. The largest absolute Gasteiger partial charge is 0.387 e. The molecule has 0 radical (unpaired) electrons. The molecule has 4 rings (SSSR count). The number of rotatable bonds is 4. The first kappa shape index (κ1) is 23.4. The fourth-order valence-electron chi connectivity index (χ4n) is 4.42. The number of aromatic nitrogens is 4. The average Bonchev–Trinajstić information content (AvgIpc) is 3.35. The minimum atomic E-state index is -1.43. The second-order valence-electron chi connectivity index (χ2n) is 8.71. The van der Waals surface area contributed by atoms with Crippen LogP contribution in [0.1, 0.15) is 58.0 Å². The van der Waals surface area contributed by atoms with E-state index in [0.717, 1.165) is 19.3 Å². The fourth-order valence-corrected chi connectivity index (χ4v) is 4.42. The molecule has 33 heavy (non-hydrogen) atoms. The highest BCUT2D eigenvalue weighted by molar-refractivity contribution is 5.83. The lowest BCUT2D eigenvalue weighted by atomic mass is 9.78.